The molecule has 1 atom stereocenters. The first-order chi connectivity index (χ1) is 19.5. The van der Waals surface area contributed by atoms with E-state index in [1.54, 1.807) is 17.6 Å². The maximum Gasteiger partial charge on any atom is 0.315 e. The highest BCUT2D eigenvalue weighted by molar-refractivity contribution is 5.80. The molecule has 3 heterocycles. The summed E-state index contributed by atoms with van der Waals surface area (Å²) in [5, 5.41) is 14.6. The summed E-state index contributed by atoms with van der Waals surface area (Å²) in [7, 11) is 0. The number of hydrogen-bond acceptors (Lipinski definition) is 5. The van der Waals surface area contributed by atoms with Crippen LogP contribution in [0.1, 0.15) is 68.1 Å². The number of hydrogen-bond donors (Lipinski definition) is 1. The van der Waals surface area contributed by atoms with E-state index < -0.39 is 11.4 Å². The standard InChI is InChI=1S/C33H41N5O2/c1-3-19-33(2,32(39)40)29-25-38-30(34-29)18-17-28(35-38)16-10-11-20-36-21-23-37(24-22-36)31(26-12-6-4-7-13-26)27-14-8-5-9-15-27/h4-9,12-15,17-18,25,31H,3,10-11,16,19-24H2,1-2H3,(H,39,40). The normalized spacial score (nSPS) is 16.4. The van der Waals surface area contributed by atoms with E-state index in [-0.39, 0.29) is 0 Å². The van der Waals surface area contributed by atoms with Gasteiger partial charge >= 0.3 is 5.97 Å². The average Bonchev–Trinajstić information content (AvgIpc) is 3.42. The first-order valence-corrected chi connectivity index (χ1v) is 14.6. The van der Waals surface area contributed by atoms with Crippen LogP contribution in [0.4, 0.5) is 0 Å². The number of piperazine rings is 1. The van der Waals surface area contributed by atoms with Gasteiger partial charge in [-0.1, -0.05) is 74.0 Å². The number of aryl methyl sites for hydroxylation is 1. The zero-order valence-corrected chi connectivity index (χ0v) is 23.7. The van der Waals surface area contributed by atoms with Gasteiger partial charge in [-0.05, 0) is 62.4 Å². The molecule has 2 aromatic heterocycles. The highest BCUT2D eigenvalue weighted by Gasteiger charge is 2.37. The molecule has 7 heteroatoms. The van der Waals surface area contributed by atoms with Crippen LogP contribution in [0, 0.1) is 0 Å². The number of carboxylic acid groups (broad SMARTS) is 1. The lowest BCUT2D eigenvalue weighted by atomic mass is 9.83. The van der Waals surface area contributed by atoms with Crippen LogP contribution < -0.4 is 0 Å². The zero-order chi connectivity index (χ0) is 28.0. The lowest BCUT2D eigenvalue weighted by Crippen LogP contribution is -2.48. The molecule has 1 N–H and O–H groups in total. The molecule has 1 aliphatic rings. The van der Waals surface area contributed by atoms with E-state index in [9.17, 15) is 9.90 Å². The van der Waals surface area contributed by atoms with Gasteiger partial charge in [-0.25, -0.2) is 9.50 Å². The van der Waals surface area contributed by atoms with Crippen molar-refractivity contribution in [2.45, 2.75) is 57.4 Å². The van der Waals surface area contributed by atoms with Crippen LogP contribution in [0.5, 0.6) is 0 Å². The molecule has 5 rings (SSSR count). The Morgan fingerprint density at radius 1 is 0.925 bits per heavy atom. The molecule has 2 aromatic carbocycles. The molecule has 210 valence electrons. The summed E-state index contributed by atoms with van der Waals surface area (Å²) in [6.45, 7) is 9.13. The highest BCUT2D eigenvalue weighted by atomic mass is 16.4. The number of imidazole rings is 1. The van der Waals surface area contributed by atoms with Gasteiger partial charge in [-0.3, -0.25) is 9.69 Å². The number of nitrogens with zero attached hydrogens (tertiary/aromatic N) is 5. The average molecular weight is 540 g/mol. The monoisotopic (exact) mass is 539 g/mol. The maximum absolute atomic E-state index is 12.0. The van der Waals surface area contributed by atoms with E-state index in [2.05, 4.69) is 75.4 Å². The Hall–Kier alpha value is -3.55. The Morgan fingerprint density at radius 2 is 1.57 bits per heavy atom. The molecule has 1 unspecified atom stereocenters. The predicted molar refractivity (Wildman–Crippen MR) is 159 cm³/mol. The maximum atomic E-state index is 12.0. The van der Waals surface area contributed by atoms with Gasteiger partial charge in [0.05, 0.1) is 23.6 Å². The van der Waals surface area contributed by atoms with Crippen molar-refractivity contribution in [3.63, 3.8) is 0 Å². The largest absolute Gasteiger partial charge is 0.481 e. The minimum absolute atomic E-state index is 0.296. The van der Waals surface area contributed by atoms with Crippen LogP contribution in [0.3, 0.4) is 0 Å². The molecule has 0 radical (unpaired) electrons. The second-order valence-electron chi connectivity index (χ2n) is 11.2. The van der Waals surface area contributed by atoms with E-state index in [0.29, 0.717) is 23.8 Å². The molecule has 7 nitrogen and oxygen atoms in total. The van der Waals surface area contributed by atoms with Gasteiger partial charge in [0.25, 0.3) is 0 Å². The molecule has 0 saturated carbocycles. The lowest BCUT2D eigenvalue weighted by molar-refractivity contribution is -0.143. The number of carbonyl (C=O) groups is 1. The fraction of sp³-hybridized carbons (Fsp3) is 0.424. The Kier molecular flexibility index (Phi) is 8.92. The van der Waals surface area contributed by atoms with Gasteiger partial charge in [-0.15, -0.1) is 0 Å². The van der Waals surface area contributed by atoms with Crippen molar-refractivity contribution < 1.29 is 9.90 Å². The summed E-state index contributed by atoms with van der Waals surface area (Å²) in [5.74, 6) is -0.838. The highest BCUT2D eigenvalue weighted by Crippen LogP contribution is 2.30. The van der Waals surface area contributed by atoms with Crippen molar-refractivity contribution in [1.29, 1.82) is 0 Å². The molecular formula is C33H41N5O2. The Labute approximate surface area is 237 Å². The number of fused-ring (bicyclic) bond motifs is 1. The molecule has 1 fully saturated rings. The fourth-order valence-electron chi connectivity index (χ4n) is 5.94. The first-order valence-electron chi connectivity index (χ1n) is 14.6. The molecular weight excluding hydrogens is 498 g/mol. The van der Waals surface area contributed by atoms with Gasteiger partial charge in [0.2, 0.25) is 0 Å². The molecule has 1 aliphatic heterocycles. The summed E-state index contributed by atoms with van der Waals surface area (Å²) in [6, 6.07) is 26.0. The summed E-state index contributed by atoms with van der Waals surface area (Å²) in [4.78, 5) is 21.8. The SMILES string of the molecule is CCCC(C)(C(=O)O)c1cn2nc(CCCCN3CCN(C(c4ccccc4)c4ccccc4)CC3)ccc2n1. The Morgan fingerprint density at radius 3 is 2.17 bits per heavy atom. The van der Waals surface area contributed by atoms with Crippen molar-refractivity contribution in [1.82, 2.24) is 24.4 Å². The van der Waals surface area contributed by atoms with Crippen molar-refractivity contribution in [3.8, 4) is 0 Å². The van der Waals surface area contributed by atoms with Gasteiger partial charge in [0.15, 0.2) is 5.65 Å². The number of benzene rings is 2. The van der Waals surface area contributed by atoms with E-state index >= 15 is 0 Å². The topological polar surface area (TPSA) is 74.0 Å². The second-order valence-corrected chi connectivity index (χ2v) is 11.2. The van der Waals surface area contributed by atoms with Gasteiger partial charge in [0.1, 0.15) is 5.41 Å². The van der Waals surface area contributed by atoms with Crippen molar-refractivity contribution >= 4 is 11.6 Å². The second kappa shape index (κ2) is 12.7. The van der Waals surface area contributed by atoms with E-state index in [1.165, 1.54) is 11.1 Å². The van der Waals surface area contributed by atoms with Gasteiger partial charge < -0.3 is 10.0 Å². The van der Waals surface area contributed by atoms with Crippen molar-refractivity contribution in [3.05, 3.63) is 102 Å². The smallest absolute Gasteiger partial charge is 0.315 e. The number of aliphatic carboxylic acids is 1. The third-order valence-electron chi connectivity index (χ3n) is 8.32. The Balaban J connectivity index is 1.13. The van der Waals surface area contributed by atoms with Crippen LogP contribution in [0.2, 0.25) is 0 Å². The molecule has 4 aromatic rings. The van der Waals surface area contributed by atoms with Crippen LogP contribution in [0.25, 0.3) is 5.65 Å². The summed E-state index contributed by atoms with van der Waals surface area (Å²) >= 11 is 0. The molecule has 1 saturated heterocycles. The van der Waals surface area contributed by atoms with Gasteiger partial charge in [0, 0.05) is 26.2 Å². The minimum atomic E-state index is -0.991. The number of carboxylic acids is 1. The number of unbranched alkanes of at least 4 members (excludes halogenated alkanes) is 1. The molecule has 0 bridgehead atoms. The van der Waals surface area contributed by atoms with Crippen molar-refractivity contribution in [2.24, 2.45) is 0 Å². The van der Waals surface area contributed by atoms with E-state index in [0.717, 1.165) is 64.1 Å². The molecule has 0 spiro atoms. The molecule has 0 amide bonds. The summed E-state index contributed by atoms with van der Waals surface area (Å²) in [6.07, 6.45) is 6.22. The predicted octanol–water partition coefficient (Wildman–Crippen LogP) is 5.60. The molecule has 0 aliphatic carbocycles. The van der Waals surface area contributed by atoms with E-state index in [4.69, 9.17) is 5.10 Å². The summed E-state index contributed by atoms with van der Waals surface area (Å²) < 4.78 is 1.75. The number of rotatable bonds is 12. The van der Waals surface area contributed by atoms with Gasteiger partial charge in [-0.2, -0.15) is 5.10 Å². The zero-order valence-electron chi connectivity index (χ0n) is 23.7. The summed E-state index contributed by atoms with van der Waals surface area (Å²) in [5.41, 5.74) is 4.01. The molecule has 40 heavy (non-hydrogen) atoms. The number of aromatic nitrogens is 3. The van der Waals surface area contributed by atoms with Crippen LogP contribution in [-0.4, -0.2) is 68.2 Å². The van der Waals surface area contributed by atoms with Crippen molar-refractivity contribution in [2.75, 3.05) is 32.7 Å². The quantitative estimate of drug-likeness (QED) is 0.236. The third-order valence-corrected chi connectivity index (χ3v) is 8.32. The first kappa shape index (κ1) is 28.0. The van der Waals surface area contributed by atoms with Crippen LogP contribution >= 0.6 is 0 Å². The minimum Gasteiger partial charge on any atom is -0.481 e. The van der Waals surface area contributed by atoms with E-state index in [1.807, 2.05) is 19.1 Å². The third kappa shape index (κ3) is 6.26. The fourth-order valence-corrected chi connectivity index (χ4v) is 5.94. The Bertz CT molecular complexity index is 1340. The van der Waals surface area contributed by atoms with Crippen LogP contribution in [-0.2, 0) is 16.6 Å². The van der Waals surface area contributed by atoms with Crippen LogP contribution in [0.15, 0.2) is 79.0 Å². The lowest BCUT2D eigenvalue weighted by Gasteiger charge is -2.39.